The summed E-state index contributed by atoms with van der Waals surface area (Å²) in [5.74, 6) is 1.45. The van der Waals surface area contributed by atoms with Crippen LogP contribution in [0.5, 0.6) is 0 Å². The topological polar surface area (TPSA) is 12.0 Å². The van der Waals surface area contributed by atoms with E-state index in [9.17, 15) is 0 Å². The van der Waals surface area contributed by atoms with E-state index in [-0.39, 0.29) is 0 Å². The molecule has 1 rings (SSSR count). The van der Waals surface area contributed by atoms with E-state index in [1.165, 1.54) is 17.5 Å². The largest absolute Gasteiger partial charge is 0.314 e. The first kappa shape index (κ1) is 15.2. The van der Waals surface area contributed by atoms with Crippen LogP contribution in [-0.4, -0.2) is 12.6 Å². The summed E-state index contributed by atoms with van der Waals surface area (Å²) in [5.41, 5.74) is 2.90. The van der Waals surface area contributed by atoms with Crippen LogP contribution in [0.3, 0.4) is 0 Å². The van der Waals surface area contributed by atoms with E-state index in [1.807, 2.05) is 0 Å². The molecule has 0 aromatic heterocycles. The second-order valence-electron chi connectivity index (χ2n) is 5.94. The Morgan fingerprint density at radius 2 is 1.50 bits per heavy atom. The van der Waals surface area contributed by atoms with Gasteiger partial charge < -0.3 is 5.32 Å². The van der Waals surface area contributed by atoms with E-state index in [2.05, 4.69) is 64.2 Å². The van der Waals surface area contributed by atoms with Gasteiger partial charge in [0.25, 0.3) is 0 Å². The van der Waals surface area contributed by atoms with Crippen LogP contribution >= 0.6 is 0 Å². The Hall–Kier alpha value is -0.820. The summed E-state index contributed by atoms with van der Waals surface area (Å²) in [4.78, 5) is 0. The average Bonchev–Trinajstić information content (AvgIpc) is 2.34. The predicted octanol–water partition coefficient (Wildman–Crippen LogP) is 4.06. The Bertz CT molecular complexity index is 324. The van der Waals surface area contributed by atoms with Gasteiger partial charge in [-0.25, -0.2) is 0 Å². The molecule has 0 aliphatic heterocycles. The number of rotatable bonds is 7. The van der Waals surface area contributed by atoms with Crippen LogP contribution in [-0.2, 0) is 12.8 Å². The van der Waals surface area contributed by atoms with Crippen LogP contribution in [0, 0.1) is 11.8 Å². The Labute approximate surface area is 113 Å². The summed E-state index contributed by atoms with van der Waals surface area (Å²) in [7, 11) is 0. The molecule has 1 heteroatoms. The first-order chi connectivity index (χ1) is 8.52. The van der Waals surface area contributed by atoms with E-state index >= 15 is 0 Å². The van der Waals surface area contributed by atoms with Crippen molar-refractivity contribution < 1.29 is 0 Å². The van der Waals surface area contributed by atoms with Crippen molar-refractivity contribution in [3.8, 4) is 0 Å². The number of aryl methyl sites for hydroxylation is 1. The highest BCUT2D eigenvalue weighted by Gasteiger charge is 2.14. The maximum Gasteiger partial charge on any atom is 0.00104 e. The van der Waals surface area contributed by atoms with Crippen LogP contribution in [0.2, 0.25) is 0 Å². The van der Waals surface area contributed by atoms with Crippen LogP contribution in [0.1, 0.15) is 45.7 Å². The fourth-order valence-electron chi connectivity index (χ4n) is 2.14. The Balaban J connectivity index is 2.58. The van der Waals surface area contributed by atoms with E-state index < -0.39 is 0 Å². The molecule has 102 valence electrons. The Kier molecular flexibility index (Phi) is 6.42. The van der Waals surface area contributed by atoms with Gasteiger partial charge in [0.2, 0.25) is 0 Å². The van der Waals surface area contributed by atoms with Crippen LogP contribution in [0.15, 0.2) is 24.3 Å². The second-order valence-corrected chi connectivity index (χ2v) is 5.94. The Morgan fingerprint density at radius 1 is 0.944 bits per heavy atom. The molecule has 1 unspecified atom stereocenters. The fourth-order valence-corrected chi connectivity index (χ4v) is 2.14. The zero-order chi connectivity index (χ0) is 13.5. The molecule has 0 aliphatic carbocycles. The van der Waals surface area contributed by atoms with Crippen LogP contribution < -0.4 is 5.32 Å². The van der Waals surface area contributed by atoms with Gasteiger partial charge in [0.15, 0.2) is 0 Å². The lowest BCUT2D eigenvalue weighted by Gasteiger charge is -2.23. The third-order valence-corrected chi connectivity index (χ3v) is 3.66. The van der Waals surface area contributed by atoms with Gasteiger partial charge >= 0.3 is 0 Å². The molecule has 1 N–H and O–H groups in total. The molecule has 1 nitrogen and oxygen atoms in total. The molecular formula is C17H29N. The average molecular weight is 247 g/mol. The van der Waals surface area contributed by atoms with E-state index in [4.69, 9.17) is 0 Å². The van der Waals surface area contributed by atoms with Gasteiger partial charge in [0, 0.05) is 6.04 Å². The molecule has 1 aromatic rings. The smallest absolute Gasteiger partial charge is 0.00104 e. The lowest BCUT2D eigenvalue weighted by Crippen LogP contribution is -2.32. The zero-order valence-corrected chi connectivity index (χ0v) is 12.7. The van der Waals surface area contributed by atoms with E-state index in [0.29, 0.717) is 6.04 Å². The molecule has 0 saturated carbocycles. The first-order valence-corrected chi connectivity index (χ1v) is 7.34. The zero-order valence-electron chi connectivity index (χ0n) is 12.7. The molecule has 0 spiro atoms. The van der Waals surface area contributed by atoms with Gasteiger partial charge in [-0.05, 0) is 42.3 Å². The third kappa shape index (κ3) is 5.22. The van der Waals surface area contributed by atoms with Crippen molar-refractivity contribution in [3.63, 3.8) is 0 Å². The molecule has 1 aromatic carbocycles. The molecular weight excluding hydrogens is 218 g/mol. The SMILES string of the molecule is CCc1ccc(CC(CNC(C)C)C(C)C)cc1. The van der Waals surface area contributed by atoms with Gasteiger partial charge in [-0.15, -0.1) is 0 Å². The molecule has 1 atom stereocenters. The van der Waals surface area contributed by atoms with Crippen molar-refractivity contribution in [2.75, 3.05) is 6.54 Å². The number of hydrogen-bond acceptors (Lipinski definition) is 1. The van der Waals surface area contributed by atoms with Crippen molar-refractivity contribution in [3.05, 3.63) is 35.4 Å². The molecule has 0 saturated heterocycles. The molecule has 0 radical (unpaired) electrons. The lowest BCUT2D eigenvalue weighted by molar-refractivity contribution is 0.349. The van der Waals surface area contributed by atoms with Crippen molar-refractivity contribution in [2.45, 2.75) is 53.5 Å². The van der Waals surface area contributed by atoms with Gasteiger partial charge in [0.05, 0.1) is 0 Å². The van der Waals surface area contributed by atoms with Crippen LogP contribution in [0.25, 0.3) is 0 Å². The molecule has 0 fully saturated rings. The maximum absolute atomic E-state index is 3.57. The monoisotopic (exact) mass is 247 g/mol. The van der Waals surface area contributed by atoms with Crippen molar-refractivity contribution >= 4 is 0 Å². The summed E-state index contributed by atoms with van der Waals surface area (Å²) in [6.07, 6.45) is 2.31. The van der Waals surface area contributed by atoms with Crippen molar-refractivity contribution in [1.82, 2.24) is 5.32 Å². The lowest BCUT2D eigenvalue weighted by atomic mass is 9.88. The van der Waals surface area contributed by atoms with Gasteiger partial charge in [-0.3, -0.25) is 0 Å². The predicted molar refractivity (Wildman–Crippen MR) is 81.0 cm³/mol. The summed E-state index contributed by atoms with van der Waals surface area (Å²) >= 11 is 0. The first-order valence-electron chi connectivity index (χ1n) is 7.34. The molecule has 0 heterocycles. The van der Waals surface area contributed by atoms with Crippen molar-refractivity contribution in [1.29, 1.82) is 0 Å². The minimum atomic E-state index is 0.578. The third-order valence-electron chi connectivity index (χ3n) is 3.66. The summed E-state index contributed by atoms with van der Waals surface area (Å²) in [6, 6.07) is 9.70. The Morgan fingerprint density at radius 3 is 1.94 bits per heavy atom. The quantitative estimate of drug-likeness (QED) is 0.766. The van der Waals surface area contributed by atoms with Gasteiger partial charge in [-0.1, -0.05) is 58.9 Å². The van der Waals surface area contributed by atoms with E-state index in [1.54, 1.807) is 0 Å². The molecule has 0 bridgehead atoms. The minimum Gasteiger partial charge on any atom is -0.314 e. The van der Waals surface area contributed by atoms with Crippen LogP contribution in [0.4, 0.5) is 0 Å². The number of hydrogen-bond donors (Lipinski definition) is 1. The molecule has 0 amide bonds. The highest BCUT2D eigenvalue weighted by Crippen LogP contribution is 2.17. The standard InChI is InChI=1S/C17H29N/c1-6-15-7-9-16(10-8-15)11-17(13(2)3)12-18-14(4)5/h7-10,13-14,17-18H,6,11-12H2,1-5H3. The second kappa shape index (κ2) is 7.58. The highest BCUT2D eigenvalue weighted by molar-refractivity contribution is 5.22. The summed E-state index contributed by atoms with van der Waals surface area (Å²) < 4.78 is 0. The minimum absolute atomic E-state index is 0.578. The summed E-state index contributed by atoms with van der Waals surface area (Å²) in [6.45, 7) is 12.4. The number of nitrogens with one attached hydrogen (secondary N) is 1. The van der Waals surface area contributed by atoms with Crippen molar-refractivity contribution in [2.24, 2.45) is 11.8 Å². The highest BCUT2D eigenvalue weighted by atomic mass is 14.9. The van der Waals surface area contributed by atoms with Gasteiger partial charge in [-0.2, -0.15) is 0 Å². The summed E-state index contributed by atoms with van der Waals surface area (Å²) in [5, 5.41) is 3.57. The fraction of sp³-hybridized carbons (Fsp3) is 0.647. The number of benzene rings is 1. The molecule has 0 aliphatic rings. The van der Waals surface area contributed by atoms with Gasteiger partial charge in [0.1, 0.15) is 0 Å². The maximum atomic E-state index is 3.57. The molecule has 18 heavy (non-hydrogen) atoms. The van der Waals surface area contributed by atoms with E-state index in [0.717, 1.165) is 24.8 Å². The normalized spacial score (nSPS) is 13.3.